The molecule has 0 aliphatic heterocycles. The Balaban J connectivity index is 4.64. The second-order valence-electron chi connectivity index (χ2n) is 5.13. The lowest BCUT2D eigenvalue weighted by Crippen LogP contribution is -2.43. The van der Waals surface area contributed by atoms with Crippen molar-refractivity contribution in [2.24, 2.45) is 11.3 Å². The van der Waals surface area contributed by atoms with Crippen molar-refractivity contribution in [1.82, 2.24) is 4.90 Å². The number of hydrogen-bond donors (Lipinski definition) is 0. The Morgan fingerprint density at radius 3 is 2.37 bits per heavy atom. The van der Waals surface area contributed by atoms with Gasteiger partial charge in [0.05, 0.1) is 25.1 Å². The van der Waals surface area contributed by atoms with E-state index in [1.807, 2.05) is 18.7 Å². The van der Waals surface area contributed by atoms with Crippen molar-refractivity contribution in [2.75, 3.05) is 26.2 Å². The molecule has 0 fully saturated rings. The molecule has 0 aromatic carbocycles. The van der Waals surface area contributed by atoms with Crippen LogP contribution in [0.15, 0.2) is 0 Å². The number of nitrogens with zero attached hydrogens (tertiary/aromatic N) is 2. The van der Waals surface area contributed by atoms with Gasteiger partial charge in [-0.25, -0.2) is 0 Å². The minimum Gasteiger partial charge on any atom is -0.465 e. The number of Topliss-reactive ketones (excluding diaryl/α,β-unsaturated/α-hetero) is 1. The number of hydrogen-bond acceptors (Lipinski definition) is 5. The number of ketones is 1. The van der Waals surface area contributed by atoms with Gasteiger partial charge in [-0.1, -0.05) is 6.92 Å². The first-order chi connectivity index (χ1) is 8.79. The van der Waals surface area contributed by atoms with Crippen LogP contribution < -0.4 is 0 Å². The smallest absolute Gasteiger partial charge is 0.319 e. The summed E-state index contributed by atoms with van der Waals surface area (Å²) in [5, 5.41) is 8.80. The highest BCUT2D eigenvalue weighted by Crippen LogP contribution is 2.19. The summed E-state index contributed by atoms with van der Waals surface area (Å²) in [5.41, 5.74) is -1.14. The van der Waals surface area contributed by atoms with Gasteiger partial charge in [-0.05, 0) is 34.2 Å². The van der Waals surface area contributed by atoms with Crippen molar-refractivity contribution >= 4 is 11.8 Å². The number of rotatable bonds is 8. The second-order valence-corrected chi connectivity index (χ2v) is 5.13. The van der Waals surface area contributed by atoms with Crippen LogP contribution in [0.1, 0.15) is 34.6 Å². The van der Waals surface area contributed by atoms with E-state index in [2.05, 4.69) is 6.07 Å². The quantitative estimate of drug-likeness (QED) is 0.494. The molecule has 0 spiro atoms. The molecule has 108 valence electrons. The highest BCUT2D eigenvalue weighted by atomic mass is 16.5. The first-order valence-electron chi connectivity index (χ1n) is 6.62. The molecule has 0 N–H and O–H groups in total. The molecule has 5 nitrogen and oxygen atoms in total. The molecule has 0 amide bonds. The Kier molecular flexibility index (Phi) is 7.32. The van der Waals surface area contributed by atoms with Gasteiger partial charge in [-0.2, -0.15) is 5.26 Å². The number of ether oxygens (including phenoxy) is 1. The minimum atomic E-state index is -1.14. The van der Waals surface area contributed by atoms with Crippen LogP contribution in [0.25, 0.3) is 0 Å². The number of nitriles is 1. The fraction of sp³-hybridized carbons (Fsp3) is 0.786. The molecule has 0 saturated heterocycles. The molecular weight excluding hydrogens is 244 g/mol. The van der Waals surface area contributed by atoms with Crippen molar-refractivity contribution in [2.45, 2.75) is 34.6 Å². The molecule has 0 aromatic rings. The fourth-order valence-corrected chi connectivity index (χ4v) is 1.56. The van der Waals surface area contributed by atoms with Crippen molar-refractivity contribution in [1.29, 1.82) is 5.26 Å². The first-order valence-corrected chi connectivity index (χ1v) is 6.62. The van der Waals surface area contributed by atoms with Crippen LogP contribution in [-0.2, 0) is 14.3 Å². The average Bonchev–Trinajstić information content (AvgIpc) is 2.37. The maximum absolute atomic E-state index is 12.2. The molecule has 0 bridgehead atoms. The monoisotopic (exact) mass is 268 g/mol. The molecule has 0 rings (SSSR count). The lowest BCUT2D eigenvalue weighted by Gasteiger charge is -2.26. The predicted molar refractivity (Wildman–Crippen MR) is 72.3 cm³/mol. The van der Waals surface area contributed by atoms with Crippen LogP contribution in [0.2, 0.25) is 0 Å². The molecular formula is C14H24N2O3. The van der Waals surface area contributed by atoms with Gasteiger partial charge >= 0.3 is 5.97 Å². The average molecular weight is 268 g/mol. The summed E-state index contributed by atoms with van der Waals surface area (Å²) in [6.45, 7) is 10.2. The molecule has 0 radical (unpaired) electrons. The topological polar surface area (TPSA) is 70.4 Å². The Bertz CT molecular complexity index is 358. The minimum absolute atomic E-state index is 0.140. The SMILES string of the molecule is CCOC(=O)C(C)(C)C(=O)CN(CC)CC(C)C#N. The van der Waals surface area contributed by atoms with Crippen LogP contribution in [0.4, 0.5) is 0 Å². The van der Waals surface area contributed by atoms with Gasteiger partial charge < -0.3 is 4.74 Å². The van der Waals surface area contributed by atoms with Crippen LogP contribution in [0, 0.1) is 22.7 Å². The molecule has 0 saturated carbocycles. The summed E-state index contributed by atoms with van der Waals surface area (Å²) in [4.78, 5) is 25.8. The zero-order valence-electron chi connectivity index (χ0n) is 12.5. The standard InChI is InChI=1S/C14H24N2O3/c1-6-16(9-11(3)8-15)10-12(17)14(4,5)13(18)19-7-2/h11H,6-7,9-10H2,1-5H3. The molecule has 1 unspecified atom stereocenters. The van der Waals surface area contributed by atoms with E-state index in [1.165, 1.54) is 0 Å². The number of carbonyl (C=O) groups is 2. The van der Waals surface area contributed by atoms with Gasteiger partial charge in [-0.15, -0.1) is 0 Å². The number of likely N-dealkylation sites (N-methyl/N-ethyl adjacent to an activating group) is 1. The fourth-order valence-electron chi connectivity index (χ4n) is 1.56. The number of carbonyl (C=O) groups excluding carboxylic acids is 2. The molecule has 0 aliphatic carbocycles. The van der Waals surface area contributed by atoms with E-state index in [0.717, 1.165) is 0 Å². The summed E-state index contributed by atoms with van der Waals surface area (Å²) in [7, 11) is 0. The molecule has 0 aliphatic rings. The molecule has 0 aromatic heterocycles. The lowest BCUT2D eigenvalue weighted by molar-refractivity contribution is -0.158. The summed E-state index contributed by atoms with van der Waals surface area (Å²) in [6.07, 6.45) is 0. The maximum atomic E-state index is 12.2. The zero-order chi connectivity index (χ0) is 15.1. The number of esters is 1. The van der Waals surface area contributed by atoms with E-state index >= 15 is 0 Å². The van der Waals surface area contributed by atoms with E-state index in [9.17, 15) is 9.59 Å². The van der Waals surface area contributed by atoms with Crippen molar-refractivity contribution in [3.8, 4) is 6.07 Å². The third-order valence-electron chi connectivity index (χ3n) is 3.05. The van der Waals surface area contributed by atoms with Gasteiger partial charge in [0.2, 0.25) is 0 Å². The van der Waals surface area contributed by atoms with Gasteiger partial charge in [0, 0.05) is 6.54 Å². The molecule has 1 atom stereocenters. The van der Waals surface area contributed by atoms with Crippen LogP contribution in [0.5, 0.6) is 0 Å². The van der Waals surface area contributed by atoms with Crippen molar-refractivity contribution in [3.05, 3.63) is 0 Å². The summed E-state index contributed by atoms with van der Waals surface area (Å²) in [5.74, 6) is -0.819. The van der Waals surface area contributed by atoms with E-state index in [0.29, 0.717) is 13.1 Å². The Morgan fingerprint density at radius 2 is 1.95 bits per heavy atom. The van der Waals surface area contributed by atoms with Crippen LogP contribution in [-0.4, -0.2) is 42.9 Å². The third kappa shape index (κ3) is 5.39. The Labute approximate surface area is 115 Å². The van der Waals surface area contributed by atoms with E-state index in [-0.39, 0.29) is 24.9 Å². The summed E-state index contributed by atoms with van der Waals surface area (Å²) >= 11 is 0. The maximum Gasteiger partial charge on any atom is 0.319 e. The predicted octanol–water partition coefficient (Wildman–Crippen LogP) is 1.63. The van der Waals surface area contributed by atoms with Crippen molar-refractivity contribution < 1.29 is 14.3 Å². The highest BCUT2D eigenvalue weighted by Gasteiger charge is 2.37. The molecule has 5 heteroatoms. The largest absolute Gasteiger partial charge is 0.465 e. The zero-order valence-corrected chi connectivity index (χ0v) is 12.5. The van der Waals surface area contributed by atoms with E-state index < -0.39 is 11.4 Å². The van der Waals surface area contributed by atoms with Crippen LogP contribution in [0.3, 0.4) is 0 Å². The summed E-state index contributed by atoms with van der Waals surface area (Å²) in [6, 6.07) is 2.14. The lowest BCUT2D eigenvalue weighted by atomic mass is 9.87. The van der Waals surface area contributed by atoms with E-state index in [1.54, 1.807) is 20.8 Å². The van der Waals surface area contributed by atoms with E-state index in [4.69, 9.17) is 10.00 Å². The van der Waals surface area contributed by atoms with Crippen LogP contribution >= 0.6 is 0 Å². The third-order valence-corrected chi connectivity index (χ3v) is 3.05. The normalized spacial score (nSPS) is 12.9. The van der Waals surface area contributed by atoms with Gasteiger partial charge in [0.25, 0.3) is 0 Å². The Morgan fingerprint density at radius 1 is 1.37 bits per heavy atom. The Hall–Kier alpha value is -1.41. The second kappa shape index (κ2) is 7.90. The van der Waals surface area contributed by atoms with Gasteiger partial charge in [0.1, 0.15) is 5.41 Å². The van der Waals surface area contributed by atoms with Gasteiger partial charge in [0.15, 0.2) is 5.78 Å². The van der Waals surface area contributed by atoms with Crippen molar-refractivity contribution in [3.63, 3.8) is 0 Å². The first kappa shape index (κ1) is 17.6. The summed E-state index contributed by atoms with van der Waals surface area (Å²) < 4.78 is 4.91. The highest BCUT2D eigenvalue weighted by molar-refractivity contribution is 6.03. The van der Waals surface area contributed by atoms with Gasteiger partial charge in [-0.3, -0.25) is 14.5 Å². The molecule has 0 heterocycles. The molecule has 19 heavy (non-hydrogen) atoms.